The van der Waals surface area contributed by atoms with Gasteiger partial charge in [-0.3, -0.25) is 0 Å². The van der Waals surface area contributed by atoms with E-state index in [9.17, 15) is 0 Å². The van der Waals surface area contributed by atoms with E-state index < -0.39 is 0 Å². The molecular formula is C30H45N7. The van der Waals surface area contributed by atoms with Gasteiger partial charge in [-0.2, -0.15) is 0 Å². The smallest absolute Gasteiger partial charge is 0.227 e. The maximum Gasteiger partial charge on any atom is 0.227 e. The van der Waals surface area contributed by atoms with Crippen LogP contribution in [0, 0.1) is 0 Å². The molecule has 1 aromatic carbocycles. The van der Waals surface area contributed by atoms with Crippen molar-refractivity contribution in [1.29, 1.82) is 0 Å². The van der Waals surface area contributed by atoms with Gasteiger partial charge in [0.1, 0.15) is 0 Å². The van der Waals surface area contributed by atoms with Crippen LogP contribution in [0.3, 0.4) is 0 Å². The lowest BCUT2D eigenvalue weighted by molar-refractivity contribution is 0.306. The fourth-order valence-electron chi connectivity index (χ4n) is 3.74. The first kappa shape index (κ1) is 29.6. The van der Waals surface area contributed by atoms with Gasteiger partial charge in [-0.25, -0.2) is 9.97 Å². The molecule has 1 aromatic heterocycles. The molecule has 0 bridgehead atoms. The van der Waals surface area contributed by atoms with Gasteiger partial charge in [0.05, 0.1) is 5.69 Å². The van der Waals surface area contributed by atoms with Gasteiger partial charge >= 0.3 is 0 Å². The lowest BCUT2D eigenvalue weighted by Crippen LogP contribution is -2.48. The molecule has 7 heteroatoms. The van der Waals surface area contributed by atoms with Crippen LogP contribution in [0.4, 0.5) is 17.3 Å². The molecule has 0 amide bonds. The van der Waals surface area contributed by atoms with E-state index in [2.05, 4.69) is 81.9 Å². The summed E-state index contributed by atoms with van der Waals surface area (Å²) in [5.74, 6) is 0.602. The molecule has 1 saturated heterocycles. The molecule has 3 rings (SSSR count). The van der Waals surface area contributed by atoms with Crippen molar-refractivity contribution in [2.24, 2.45) is 5.73 Å². The average Bonchev–Trinajstić information content (AvgIpc) is 2.91. The summed E-state index contributed by atoms with van der Waals surface area (Å²) in [4.78, 5) is 13.8. The Bertz CT molecular complexity index is 1050. The van der Waals surface area contributed by atoms with Crippen molar-refractivity contribution in [3.63, 3.8) is 0 Å². The minimum Gasteiger partial charge on any atom is -0.392 e. The van der Waals surface area contributed by atoms with Gasteiger partial charge in [0.15, 0.2) is 0 Å². The maximum atomic E-state index is 5.98. The number of nitrogens with two attached hydrogens (primary N) is 1. The summed E-state index contributed by atoms with van der Waals surface area (Å²) in [6.07, 6.45) is 10.3. The highest BCUT2D eigenvalue weighted by Crippen LogP contribution is 2.23. The number of anilines is 3. The van der Waals surface area contributed by atoms with Crippen LogP contribution in [0.2, 0.25) is 0 Å². The summed E-state index contributed by atoms with van der Waals surface area (Å²) in [6.45, 7) is 19.6. The zero-order valence-electron chi connectivity index (χ0n) is 23.3. The fraction of sp³-hybridized carbons (Fsp3) is 0.400. The standard InChI is InChI=1S/C26H36N6.C4H9N/c1-5-7-9-22(8-6-2)25-14-15-28-26(30-25)29-23-10-12-24(13-11-23)32-18-16-31(17-19-32)21(4)20(3)27;1-4(2)5-3/h6,8-15,20H,4-5,7,16-19,27H2,1-3H3,(H,28,29,30);5H,1H2,2-3H3/b8-6-,22-9+;. The minimum atomic E-state index is 0.00355. The lowest BCUT2D eigenvalue weighted by Gasteiger charge is -2.39. The number of nitrogens with zero attached hydrogens (tertiary/aromatic N) is 4. The molecule has 1 unspecified atom stereocenters. The first-order chi connectivity index (χ1) is 17.8. The largest absolute Gasteiger partial charge is 0.392 e. The monoisotopic (exact) mass is 503 g/mol. The molecule has 1 aliphatic heterocycles. The van der Waals surface area contributed by atoms with Crippen LogP contribution in [0.15, 0.2) is 79.3 Å². The van der Waals surface area contributed by atoms with E-state index in [1.807, 2.05) is 40.0 Å². The topological polar surface area (TPSA) is 82.3 Å². The Kier molecular flexibility index (Phi) is 12.4. The van der Waals surface area contributed by atoms with Gasteiger partial charge in [-0.1, -0.05) is 44.7 Å². The Morgan fingerprint density at radius 2 is 1.78 bits per heavy atom. The summed E-state index contributed by atoms with van der Waals surface area (Å²) in [5, 5.41) is 6.17. The highest BCUT2D eigenvalue weighted by molar-refractivity contribution is 5.72. The number of piperazine rings is 1. The van der Waals surface area contributed by atoms with E-state index in [1.165, 1.54) is 5.69 Å². The summed E-state index contributed by atoms with van der Waals surface area (Å²) < 4.78 is 0. The number of unbranched alkanes of at least 4 members (excludes halogenated alkanes) is 1. The minimum absolute atomic E-state index is 0.00355. The van der Waals surface area contributed by atoms with Crippen LogP contribution in [0.5, 0.6) is 0 Å². The zero-order valence-corrected chi connectivity index (χ0v) is 23.3. The third-order valence-electron chi connectivity index (χ3n) is 6.08. The van der Waals surface area contributed by atoms with Crippen LogP contribution in [0.25, 0.3) is 5.57 Å². The van der Waals surface area contributed by atoms with Crippen LogP contribution in [0.1, 0.15) is 46.2 Å². The number of aromatic nitrogens is 2. The molecule has 1 fully saturated rings. The molecule has 4 N–H and O–H groups in total. The third-order valence-corrected chi connectivity index (χ3v) is 6.08. The Morgan fingerprint density at radius 3 is 2.32 bits per heavy atom. The van der Waals surface area contributed by atoms with E-state index in [-0.39, 0.29) is 6.04 Å². The molecule has 37 heavy (non-hydrogen) atoms. The predicted molar refractivity (Wildman–Crippen MR) is 160 cm³/mol. The lowest BCUT2D eigenvalue weighted by atomic mass is 10.1. The second-order valence-electron chi connectivity index (χ2n) is 9.17. The van der Waals surface area contributed by atoms with Crippen LogP contribution < -0.4 is 21.3 Å². The Labute approximate surface area is 223 Å². The van der Waals surface area contributed by atoms with Crippen molar-refractivity contribution < 1.29 is 0 Å². The highest BCUT2D eigenvalue weighted by atomic mass is 15.3. The van der Waals surface area contributed by atoms with Crippen molar-refractivity contribution in [2.75, 3.05) is 43.4 Å². The van der Waals surface area contributed by atoms with E-state index in [0.717, 1.165) is 67.4 Å². The first-order valence-corrected chi connectivity index (χ1v) is 13.1. The molecule has 0 aliphatic carbocycles. The fourth-order valence-corrected chi connectivity index (χ4v) is 3.74. The van der Waals surface area contributed by atoms with Crippen LogP contribution >= 0.6 is 0 Å². The Hall–Kier alpha value is -3.58. The number of hydrogen-bond donors (Lipinski definition) is 3. The van der Waals surface area contributed by atoms with Crippen molar-refractivity contribution in [2.45, 2.75) is 46.6 Å². The number of rotatable bonds is 10. The second-order valence-corrected chi connectivity index (χ2v) is 9.17. The van der Waals surface area contributed by atoms with Crippen molar-refractivity contribution in [3.8, 4) is 0 Å². The number of nitrogens with one attached hydrogen (secondary N) is 2. The highest BCUT2D eigenvalue weighted by Gasteiger charge is 2.19. The normalized spacial score (nSPS) is 14.6. The molecular weight excluding hydrogens is 458 g/mol. The summed E-state index contributed by atoms with van der Waals surface area (Å²) in [7, 11) is 1.85. The quantitative estimate of drug-likeness (QED) is 0.359. The van der Waals surface area contributed by atoms with E-state index in [1.54, 1.807) is 6.20 Å². The molecule has 200 valence electrons. The van der Waals surface area contributed by atoms with Gasteiger partial charge in [-0.05, 0) is 68.8 Å². The maximum absolute atomic E-state index is 5.98. The van der Waals surface area contributed by atoms with Gasteiger partial charge in [0.2, 0.25) is 5.95 Å². The van der Waals surface area contributed by atoms with E-state index >= 15 is 0 Å². The van der Waals surface area contributed by atoms with E-state index in [0.29, 0.717) is 5.95 Å². The second kappa shape index (κ2) is 15.5. The Balaban J connectivity index is 0.000000877. The third kappa shape index (κ3) is 9.77. The van der Waals surface area contributed by atoms with Crippen LogP contribution in [-0.4, -0.2) is 54.1 Å². The summed E-state index contributed by atoms with van der Waals surface area (Å²) in [5.41, 5.74) is 12.2. The summed E-state index contributed by atoms with van der Waals surface area (Å²) in [6, 6.07) is 10.4. The van der Waals surface area contributed by atoms with Crippen molar-refractivity contribution in [3.05, 3.63) is 85.0 Å². The molecule has 0 spiro atoms. The molecule has 1 atom stereocenters. The van der Waals surface area contributed by atoms with Gasteiger partial charge in [0, 0.05) is 62.5 Å². The van der Waals surface area contributed by atoms with E-state index in [4.69, 9.17) is 10.7 Å². The SMILES string of the molecule is C=C(C(C)N)N1CCN(c2ccc(Nc3nccc(C(/C=C\C)=C/CCC)n3)cc2)CC1.C=C(C)NC. The summed E-state index contributed by atoms with van der Waals surface area (Å²) >= 11 is 0. The number of allylic oxidation sites excluding steroid dienone is 5. The van der Waals surface area contributed by atoms with Crippen LogP contribution in [-0.2, 0) is 0 Å². The molecule has 2 heterocycles. The van der Waals surface area contributed by atoms with Crippen molar-refractivity contribution in [1.82, 2.24) is 20.2 Å². The number of hydrogen-bond acceptors (Lipinski definition) is 7. The first-order valence-electron chi connectivity index (χ1n) is 13.1. The molecule has 7 nitrogen and oxygen atoms in total. The predicted octanol–water partition coefficient (Wildman–Crippen LogP) is 5.70. The van der Waals surface area contributed by atoms with Gasteiger partial charge in [0.25, 0.3) is 0 Å². The average molecular weight is 504 g/mol. The Morgan fingerprint density at radius 1 is 1.14 bits per heavy atom. The molecule has 1 aliphatic rings. The zero-order chi connectivity index (χ0) is 27.2. The molecule has 2 aromatic rings. The number of benzene rings is 1. The van der Waals surface area contributed by atoms with Gasteiger partial charge < -0.3 is 26.2 Å². The van der Waals surface area contributed by atoms with Gasteiger partial charge in [-0.15, -0.1) is 0 Å². The molecule has 0 radical (unpaired) electrons. The molecule has 0 saturated carbocycles. The van der Waals surface area contributed by atoms with Crippen molar-refractivity contribution >= 4 is 22.9 Å².